The number of nitro groups is 1. The smallest absolute Gasteiger partial charge is 0.433 e. The molecule has 0 aromatic carbocycles. The van der Waals surface area contributed by atoms with Gasteiger partial charge in [-0.2, -0.15) is 9.55 Å². The van der Waals surface area contributed by atoms with E-state index in [1.165, 1.54) is 19.1 Å². The monoisotopic (exact) mass is 343 g/mol. The van der Waals surface area contributed by atoms with Gasteiger partial charge in [-0.05, 0) is 19.1 Å². The van der Waals surface area contributed by atoms with Crippen molar-refractivity contribution in [2.45, 2.75) is 20.8 Å². The molecule has 3 heterocycles. The Morgan fingerprint density at radius 2 is 2.04 bits per heavy atom. The molecule has 0 aliphatic heterocycles. The lowest BCUT2D eigenvalue weighted by atomic mass is 10.2. The molecule has 0 fully saturated rings. The van der Waals surface area contributed by atoms with Gasteiger partial charge in [0.2, 0.25) is 5.82 Å². The highest BCUT2D eigenvalue weighted by molar-refractivity contribution is 5.55. The lowest BCUT2D eigenvalue weighted by molar-refractivity contribution is -0.589. The van der Waals surface area contributed by atoms with Crippen molar-refractivity contribution in [3.8, 4) is 11.6 Å². The fourth-order valence-corrected chi connectivity index (χ4v) is 2.32. The van der Waals surface area contributed by atoms with Crippen LogP contribution >= 0.6 is 0 Å². The molecule has 1 N–H and O–H groups in total. The van der Waals surface area contributed by atoms with Gasteiger partial charge in [0, 0.05) is 25.5 Å². The summed E-state index contributed by atoms with van der Waals surface area (Å²) in [5, 5.41) is 24.6. The lowest BCUT2D eigenvalue weighted by Gasteiger charge is -2.02. The van der Waals surface area contributed by atoms with Gasteiger partial charge >= 0.3 is 17.5 Å². The van der Waals surface area contributed by atoms with Crippen LogP contribution in [-0.4, -0.2) is 20.2 Å². The van der Waals surface area contributed by atoms with Gasteiger partial charge in [-0.25, -0.2) is 0 Å². The lowest BCUT2D eigenvalue weighted by Crippen LogP contribution is -2.37. The van der Waals surface area contributed by atoms with Gasteiger partial charge in [0.05, 0.1) is 6.07 Å². The van der Waals surface area contributed by atoms with Gasteiger partial charge in [-0.1, -0.05) is 5.16 Å². The normalized spacial score (nSPS) is 12.1. The van der Waals surface area contributed by atoms with E-state index in [2.05, 4.69) is 10.1 Å². The minimum absolute atomic E-state index is 0.0145. The number of aryl methyl sites for hydroxylation is 2. The first-order valence-electron chi connectivity index (χ1n) is 7.34. The Morgan fingerprint density at radius 3 is 2.68 bits per heavy atom. The average molecular weight is 343 g/mol. The summed E-state index contributed by atoms with van der Waals surface area (Å²) in [6.07, 6.45) is 1.83. The molecule has 0 spiro atoms. The number of hydrogen-bond acceptors (Lipinski definition) is 7. The van der Waals surface area contributed by atoms with E-state index in [9.17, 15) is 15.2 Å². The first-order valence-corrected chi connectivity index (χ1v) is 7.34. The minimum Gasteiger partial charge on any atom is -0.506 e. The molecule has 0 amide bonds. The van der Waals surface area contributed by atoms with Crippen molar-refractivity contribution in [1.29, 1.82) is 0 Å². The van der Waals surface area contributed by atoms with E-state index in [1.807, 2.05) is 32.2 Å². The molecule has 3 aromatic heterocycles. The summed E-state index contributed by atoms with van der Waals surface area (Å²) in [6, 6.07) is 6.43. The second kappa shape index (κ2) is 6.19. The topological polar surface area (TPSA) is 119 Å². The predicted octanol–water partition coefficient (Wildman–Crippen LogP) is 2.94. The Hall–Kier alpha value is -3.49. The fourth-order valence-electron chi connectivity index (χ4n) is 2.32. The molecule has 3 rings (SSSR count). The van der Waals surface area contributed by atoms with Crippen molar-refractivity contribution in [2.24, 2.45) is 0 Å². The second-order valence-electron chi connectivity index (χ2n) is 5.47. The summed E-state index contributed by atoms with van der Waals surface area (Å²) in [6.45, 7) is 5.29. The number of furan rings is 1. The number of rotatable bonds is 4. The van der Waals surface area contributed by atoms with E-state index in [-0.39, 0.29) is 23.2 Å². The molecule has 0 saturated carbocycles. The van der Waals surface area contributed by atoms with Crippen LogP contribution in [0.1, 0.15) is 24.1 Å². The van der Waals surface area contributed by atoms with Gasteiger partial charge in [0.1, 0.15) is 4.92 Å². The molecule has 9 heteroatoms. The second-order valence-corrected chi connectivity index (χ2v) is 5.47. The highest BCUT2D eigenvalue weighted by atomic mass is 16.6. The summed E-state index contributed by atoms with van der Waals surface area (Å²) < 4.78 is 12.0. The zero-order chi connectivity index (χ0) is 18.1. The quantitative estimate of drug-likeness (QED) is 0.335. The number of allylic oxidation sites excluding steroid dienone is 1. The maximum Gasteiger partial charge on any atom is 0.433 e. The van der Waals surface area contributed by atoms with Crippen molar-refractivity contribution >= 4 is 11.6 Å². The molecule has 128 valence electrons. The Kier molecular flexibility index (Phi) is 4.05. The van der Waals surface area contributed by atoms with Crippen molar-refractivity contribution in [1.82, 2.24) is 10.1 Å². The maximum absolute atomic E-state index is 10.7. The zero-order valence-electron chi connectivity index (χ0n) is 13.8. The first kappa shape index (κ1) is 16.4. The third-order valence-corrected chi connectivity index (χ3v) is 3.50. The standard InChI is InChI=1S/C16H14N4O5/c1-9-4-5-10(2)19(8-9)14(11(3)21)16-17-15(18-25-16)12-6-7-13(24-12)20(22)23/h4-8H,1-3H3/p+1. The van der Waals surface area contributed by atoms with E-state index in [1.54, 1.807) is 4.57 Å². The number of aromatic nitrogens is 3. The van der Waals surface area contributed by atoms with E-state index in [0.29, 0.717) is 5.70 Å². The fraction of sp³-hybridized carbons (Fsp3) is 0.188. The van der Waals surface area contributed by atoms with Crippen molar-refractivity contribution in [2.75, 3.05) is 0 Å². The molecule has 0 unspecified atom stereocenters. The van der Waals surface area contributed by atoms with Gasteiger partial charge in [0.25, 0.3) is 0 Å². The Bertz CT molecular complexity index is 982. The van der Waals surface area contributed by atoms with Crippen LogP contribution in [0.5, 0.6) is 0 Å². The van der Waals surface area contributed by atoms with Gasteiger partial charge in [0.15, 0.2) is 23.4 Å². The highest BCUT2D eigenvalue weighted by Crippen LogP contribution is 2.25. The third kappa shape index (κ3) is 3.11. The van der Waals surface area contributed by atoms with E-state index in [0.717, 1.165) is 11.3 Å². The molecule has 25 heavy (non-hydrogen) atoms. The molecule has 0 radical (unpaired) electrons. The van der Waals surface area contributed by atoms with Crippen molar-refractivity contribution in [3.63, 3.8) is 0 Å². The number of aliphatic hydroxyl groups excluding tert-OH is 1. The minimum atomic E-state index is -0.653. The van der Waals surface area contributed by atoms with E-state index in [4.69, 9.17) is 8.94 Å². The predicted molar refractivity (Wildman–Crippen MR) is 85.4 cm³/mol. The van der Waals surface area contributed by atoms with Crippen molar-refractivity contribution in [3.05, 3.63) is 63.5 Å². The van der Waals surface area contributed by atoms with Crippen LogP contribution in [0.25, 0.3) is 17.3 Å². The van der Waals surface area contributed by atoms with Crippen LogP contribution in [-0.2, 0) is 0 Å². The molecule has 9 nitrogen and oxygen atoms in total. The summed E-state index contributed by atoms with van der Waals surface area (Å²) in [4.78, 5) is 14.2. The SMILES string of the molecule is CC(O)=C(c1nc(-c2ccc([N+](=O)[O-])o2)no1)[n+]1cc(C)ccc1C. The van der Waals surface area contributed by atoms with Crippen molar-refractivity contribution < 1.29 is 23.5 Å². The highest BCUT2D eigenvalue weighted by Gasteiger charge is 2.28. The van der Waals surface area contributed by atoms with E-state index < -0.39 is 10.8 Å². The van der Waals surface area contributed by atoms with Crippen LogP contribution in [0.2, 0.25) is 0 Å². The first-order chi connectivity index (χ1) is 11.9. The van der Waals surface area contributed by atoms with Crippen LogP contribution in [0, 0.1) is 24.0 Å². The number of hydrogen-bond donors (Lipinski definition) is 1. The zero-order valence-corrected chi connectivity index (χ0v) is 13.8. The van der Waals surface area contributed by atoms with Gasteiger partial charge in [-0.15, -0.1) is 0 Å². The molecule has 0 aliphatic rings. The molecular weight excluding hydrogens is 328 g/mol. The summed E-state index contributed by atoms with van der Waals surface area (Å²) in [5.41, 5.74) is 2.15. The number of pyridine rings is 1. The maximum atomic E-state index is 10.7. The molecular formula is C16H15N4O5+. The molecule has 0 bridgehead atoms. The number of aliphatic hydroxyl groups is 1. The van der Waals surface area contributed by atoms with Crippen LogP contribution in [0.15, 0.2) is 45.2 Å². The third-order valence-electron chi connectivity index (χ3n) is 3.50. The largest absolute Gasteiger partial charge is 0.506 e. The molecule has 3 aromatic rings. The summed E-state index contributed by atoms with van der Waals surface area (Å²) >= 11 is 0. The van der Waals surface area contributed by atoms with Gasteiger partial charge < -0.3 is 14.0 Å². The Morgan fingerprint density at radius 1 is 1.28 bits per heavy atom. The average Bonchev–Trinajstić information content (AvgIpc) is 3.19. The van der Waals surface area contributed by atoms with Gasteiger partial charge in [-0.3, -0.25) is 10.1 Å². The Labute approximate surface area is 142 Å². The van der Waals surface area contributed by atoms with Crippen LogP contribution in [0.3, 0.4) is 0 Å². The molecule has 0 aliphatic carbocycles. The van der Waals surface area contributed by atoms with Crippen LogP contribution < -0.4 is 4.57 Å². The molecule has 0 atom stereocenters. The summed E-state index contributed by atoms with van der Waals surface area (Å²) in [5.74, 6) is -0.221. The number of nitrogens with zero attached hydrogens (tertiary/aromatic N) is 4. The summed E-state index contributed by atoms with van der Waals surface area (Å²) in [7, 11) is 0. The van der Waals surface area contributed by atoms with E-state index >= 15 is 0 Å². The van der Waals surface area contributed by atoms with Crippen LogP contribution in [0.4, 0.5) is 5.88 Å². The molecule has 0 saturated heterocycles. The Balaban J connectivity index is 2.05.